The first-order valence-corrected chi connectivity index (χ1v) is 3.54. The van der Waals surface area contributed by atoms with Crippen molar-refractivity contribution in [2.45, 2.75) is 0 Å². The summed E-state index contributed by atoms with van der Waals surface area (Å²) in [6.07, 6.45) is -1.40. The van der Waals surface area contributed by atoms with Crippen LogP contribution in [0, 0.1) is 0 Å². The maximum atomic E-state index is 9.41. The minimum atomic E-state index is -3.17. The summed E-state index contributed by atoms with van der Waals surface area (Å²) in [6.45, 7) is 0. The summed E-state index contributed by atoms with van der Waals surface area (Å²) in [5.41, 5.74) is 0. The molecule has 0 atom stereocenters. The molecule has 0 aliphatic carbocycles. The van der Waals surface area contributed by atoms with Crippen molar-refractivity contribution in [3.05, 3.63) is 0 Å². The zero-order valence-electron chi connectivity index (χ0n) is 6.53. The van der Waals surface area contributed by atoms with Crippen molar-refractivity contribution >= 4 is 16.2 Å². The molecule has 0 rings (SSSR count). The molecule has 0 aliphatic rings. The van der Waals surface area contributed by atoms with Crippen LogP contribution in [0.5, 0.6) is 0 Å². The molecule has 0 amide bonds. The Morgan fingerprint density at radius 3 is 1.27 bits per heavy atom. The van der Waals surface area contributed by atoms with Gasteiger partial charge in [0.15, 0.2) is 0 Å². The first kappa shape index (κ1) is 23.3. The molecule has 0 unspecified atom stereocenters. The molecule has 0 aliphatic heterocycles. The fraction of sp³-hybridized carbons (Fsp3) is 0.500. The van der Waals surface area contributed by atoms with Gasteiger partial charge in [-0.15, -0.1) is 0 Å². The standard InChI is InChI=1S/CH5NO2S.CH2O3.2K/c1-5(2,3)4;2-1(3)4;;/h1H3,(H2,2,3,4);(H2,2,3,4);;/q;;2*+1/p-2. The molecule has 0 aromatic rings. The van der Waals surface area contributed by atoms with Crippen molar-refractivity contribution < 1.29 is 126 Å². The largest absolute Gasteiger partial charge is 1.00 e. The number of carboxylic acid groups (broad SMARTS) is 2. The van der Waals surface area contributed by atoms with Crippen LogP contribution in [0.3, 0.4) is 0 Å². The van der Waals surface area contributed by atoms with Crippen LogP contribution in [-0.2, 0) is 10.0 Å². The fourth-order valence-corrected chi connectivity index (χ4v) is 0. The zero-order chi connectivity index (χ0) is 8.08. The smallest absolute Gasteiger partial charge is 0.652 e. The van der Waals surface area contributed by atoms with E-state index >= 15 is 0 Å². The van der Waals surface area contributed by atoms with Crippen LogP contribution >= 0.6 is 0 Å². The topological polar surface area (TPSA) is 123 Å². The zero-order valence-corrected chi connectivity index (χ0v) is 13.6. The Labute approximate surface area is 150 Å². The van der Waals surface area contributed by atoms with Gasteiger partial charge >= 0.3 is 103 Å². The van der Waals surface area contributed by atoms with Gasteiger partial charge in [-0.2, -0.15) is 0 Å². The first-order chi connectivity index (χ1) is 3.73. The number of nitrogens with two attached hydrogens (primary N) is 1. The molecular weight excluding hydrogens is 228 g/mol. The number of hydrogen-bond donors (Lipinski definition) is 1. The van der Waals surface area contributed by atoms with E-state index in [1.807, 2.05) is 0 Å². The maximum absolute atomic E-state index is 9.41. The average Bonchev–Trinajstić information content (AvgIpc) is 1.19. The molecule has 0 aromatic carbocycles. The van der Waals surface area contributed by atoms with Crippen LogP contribution in [0.4, 0.5) is 4.79 Å². The molecule has 0 saturated carbocycles. The van der Waals surface area contributed by atoms with Crippen molar-refractivity contribution in [3.8, 4) is 0 Å². The Morgan fingerprint density at radius 2 is 1.27 bits per heavy atom. The van der Waals surface area contributed by atoms with Crippen molar-refractivity contribution in [2.24, 2.45) is 5.14 Å². The summed E-state index contributed by atoms with van der Waals surface area (Å²) in [4.78, 5) is 8.33. The summed E-state index contributed by atoms with van der Waals surface area (Å²) >= 11 is 0. The average molecular weight is 233 g/mol. The number of primary sulfonamides is 1. The molecule has 0 aromatic heterocycles. The van der Waals surface area contributed by atoms with Crippen molar-refractivity contribution in [2.75, 3.05) is 6.26 Å². The Bertz CT molecular complexity index is 165. The van der Waals surface area contributed by atoms with Gasteiger partial charge in [-0.05, 0) is 6.16 Å². The Balaban J connectivity index is -0.0000000383. The fourth-order valence-electron chi connectivity index (χ4n) is 0. The van der Waals surface area contributed by atoms with E-state index in [1.54, 1.807) is 0 Å². The van der Waals surface area contributed by atoms with E-state index in [4.69, 9.17) is 15.0 Å². The summed E-state index contributed by atoms with van der Waals surface area (Å²) in [7, 11) is -3.17. The van der Waals surface area contributed by atoms with Gasteiger partial charge in [0, 0.05) is 0 Å². The molecule has 0 radical (unpaired) electrons. The normalized spacial score (nSPS) is 7.45. The molecular formula is C2H5K2NO5S. The minimum absolute atomic E-state index is 0. The quantitative estimate of drug-likeness (QED) is 0.416. The number of carbonyl (C=O) groups excluding carboxylic acids is 1. The number of sulfonamides is 1. The second-order valence-electron chi connectivity index (χ2n) is 1.08. The second kappa shape index (κ2) is 12.5. The Morgan fingerprint density at radius 1 is 1.27 bits per heavy atom. The SMILES string of the molecule is CS(N)(=O)=O.O=C([O-])[O-].[K+].[K+]. The van der Waals surface area contributed by atoms with Gasteiger partial charge < -0.3 is 15.0 Å². The Kier molecular flexibility index (Phi) is 26.4. The van der Waals surface area contributed by atoms with Crippen LogP contribution in [0.1, 0.15) is 0 Å². The molecule has 0 heterocycles. The van der Waals surface area contributed by atoms with Crippen LogP contribution < -0.4 is 118 Å². The first-order valence-electron chi connectivity index (χ1n) is 1.59. The predicted octanol–water partition coefficient (Wildman–Crippen LogP) is -9.53. The molecule has 0 spiro atoms. The van der Waals surface area contributed by atoms with E-state index < -0.39 is 16.2 Å². The molecule has 9 heteroatoms. The van der Waals surface area contributed by atoms with E-state index in [2.05, 4.69) is 5.14 Å². The van der Waals surface area contributed by atoms with Crippen molar-refractivity contribution in [3.63, 3.8) is 0 Å². The van der Waals surface area contributed by atoms with E-state index in [0.29, 0.717) is 0 Å². The van der Waals surface area contributed by atoms with Gasteiger partial charge in [0.05, 0.1) is 6.26 Å². The summed E-state index contributed by atoms with van der Waals surface area (Å²) in [6, 6.07) is 0. The second-order valence-corrected chi connectivity index (χ2v) is 2.74. The number of rotatable bonds is 0. The molecule has 2 N–H and O–H groups in total. The van der Waals surface area contributed by atoms with Gasteiger partial charge in [-0.3, -0.25) is 0 Å². The third-order valence-corrected chi connectivity index (χ3v) is 0. The molecule has 0 fully saturated rings. The van der Waals surface area contributed by atoms with E-state index in [0.717, 1.165) is 6.26 Å². The minimum Gasteiger partial charge on any atom is -0.652 e. The third kappa shape index (κ3) is 226. The molecule has 0 saturated heterocycles. The van der Waals surface area contributed by atoms with Crippen LogP contribution in [0.15, 0.2) is 0 Å². The number of hydrogen-bond acceptors (Lipinski definition) is 5. The van der Waals surface area contributed by atoms with Crippen LogP contribution in [0.2, 0.25) is 0 Å². The number of carbonyl (C=O) groups is 1. The molecule has 56 valence electrons. The van der Waals surface area contributed by atoms with Gasteiger partial charge in [0.2, 0.25) is 10.0 Å². The van der Waals surface area contributed by atoms with E-state index in [-0.39, 0.29) is 103 Å². The van der Waals surface area contributed by atoms with Crippen molar-refractivity contribution in [1.29, 1.82) is 0 Å². The van der Waals surface area contributed by atoms with Gasteiger partial charge in [0.1, 0.15) is 0 Å². The van der Waals surface area contributed by atoms with E-state index in [9.17, 15) is 8.42 Å². The van der Waals surface area contributed by atoms with Gasteiger partial charge in [-0.25, -0.2) is 13.6 Å². The summed E-state index contributed by atoms with van der Waals surface area (Å²) in [5, 5.41) is 21.0. The van der Waals surface area contributed by atoms with Gasteiger partial charge in [0.25, 0.3) is 0 Å². The summed E-state index contributed by atoms with van der Waals surface area (Å²) in [5.74, 6) is 0. The van der Waals surface area contributed by atoms with Crippen LogP contribution in [-0.4, -0.2) is 20.8 Å². The maximum Gasteiger partial charge on any atom is 1.00 e. The van der Waals surface area contributed by atoms with Gasteiger partial charge in [-0.1, -0.05) is 0 Å². The molecule has 0 bridgehead atoms. The summed E-state index contributed by atoms with van der Waals surface area (Å²) < 4.78 is 18.8. The Hall–Kier alpha value is 2.45. The van der Waals surface area contributed by atoms with E-state index in [1.165, 1.54) is 0 Å². The predicted molar refractivity (Wildman–Crippen MR) is 24.4 cm³/mol. The van der Waals surface area contributed by atoms with Crippen LogP contribution in [0.25, 0.3) is 0 Å². The molecule has 11 heavy (non-hydrogen) atoms. The molecule has 6 nitrogen and oxygen atoms in total. The van der Waals surface area contributed by atoms with Crippen molar-refractivity contribution in [1.82, 2.24) is 0 Å². The monoisotopic (exact) mass is 233 g/mol. The third-order valence-electron chi connectivity index (χ3n) is 0.